The molecule has 3 aromatic rings. The Kier molecular flexibility index (Phi) is 5.08. The standard InChI is InChI=1S/C17H12BrClN4O/c18-13-5-2-1-4-12(13)8-9-16(24)22-15-7-3-6-14(19)17(15)23-11-20-10-21-23/h1-11H,(H,22,24). The zero-order chi connectivity index (χ0) is 16.9. The van der Waals surface area contributed by atoms with Crippen LogP contribution in [0.15, 0.2) is 65.7 Å². The van der Waals surface area contributed by atoms with Crippen molar-refractivity contribution in [2.75, 3.05) is 5.32 Å². The summed E-state index contributed by atoms with van der Waals surface area (Å²) in [5, 5.41) is 7.35. The molecule has 0 atom stereocenters. The first-order valence-corrected chi connectivity index (χ1v) is 8.19. The Balaban J connectivity index is 1.83. The van der Waals surface area contributed by atoms with Crippen molar-refractivity contribution >= 4 is 45.2 Å². The molecule has 0 saturated carbocycles. The fourth-order valence-electron chi connectivity index (χ4n) is 2.12. The number of carbonyl (C=O) groups is 1. The maximum atomic E-state index is 12.2. The fraction of sp³-hybridized carbons (Fsp3) is 0. The molecule has 0 unspecified atom stereocenters. The smallest absolute Gasteiger partial charge is 0.248 e. The van der Waals surface area contributed by atoms with E-state index in [2.05, 4.69) is 31.3 Å². The van der Waals surface area contributed by atoms with Gasteiger partial charge in [-0.05, 0) is 29.8 Å². The summed E-state index contributed by atoms with van der Waals surface area (Å²) in [4.78, 5) is 16.1. The zero-order valence-corrected chi connectivity index (χ0v) is 14.7. The molecular formula is C17H12BrClN4O. The molecule has 1 aromatic heterocycles. The van der Waals surface area contributed by atoms with Gasteiger partial charge in [0, 0.05) is 10.5 Å². The van der Waals surface area contributed by atoms with Crippen LogP contribution in [0.5, 0.6) is 0 Å². The van der Waals surface area contributed by atoms with Gasteiger partial charge in [0.25, 0.3) is 0 Å². The molecule has 0 radical (unpaired) electrons. The van der Waals surface area contributed by atoms with Crippen molar-refractivity contribution < 1.29 is 4.79 Å². The van der Waals surface area contributed by atoms with E-state index in [9.17, 15) is 4.79 Å². The van der Waals surface area contributed by atoms with Crippen LogP contribution >= 0.6 is 27.5 Å². The molecule has 5 nitrogen and oxygen atoms in total. The van der Waals surface area contributed by atoms with Gasteiger partial charge >= 0.3 is 0 Å². The van der Waals surface area contributed by atoms with E-state index < -0.39 is 0 Å². The minimum atomic E-state index is -0.269. The molecule has 1 N–H and O–H groups in total. The Hall–Kier alpha value is -2.44. The van der Waals surface area contributed by atoms with Crippen molar-refractivity contribution in [3.63, 3.8) is 0 Å². The molecule has 0 spiro atoms. The normalized spacial score (nSPS) is 10.9. The van der Waals surface area contributed by atoms with E-state index in [0.717, 1.165) is 10.0 Å². The summed E-state index contributed by atoms with van der Waals surface area (Å²) in [5.74, 6) is -0.269. The van der Waals surface area contributed by atoms with Crippen molar-refractivity contribution in [3.8, 4) is 5.69 Å². The molecule has 0 bridgehead atoms. The van der Waals surface area contributed by atoms with Gasteiger partial charge in [0.1, 0.15) is 18.3 Å². The van der Waals surface area contributed by atoms with Gasteiger partial charge in [0.2, 0.25) is 5.91 Å². The van der Waals surface area contributed by atoms with E-state index in [4.69, 9.17) is 11.6 Å². The molecule has 2 aromatic carbocycles. The van der Waals surface area contributed by atoms with Gasteiger partial charge in [-0.15, -0.1) is 0 Å². The highest BCUT2D eigenvalue weighted by Crippen LogP contribution is 2.27. The number of aromatic nitrogens is 3. The number of carbonyl (C=O) groups excluding carboxylic acids is 1. The predicted molar refractivity (Wildman–Crippen MR) is 98.2 cm³/mol. The zero-order valence-electron chi connectivity index (χ0n) is 12.4. The minimum absolute atomic E-state index is 0.269. The van der Waals surface area contributed by atoms with E-state index in [0.29, 0.717) is 16.4 Å². The maximum Gasteiger partial charge on any atom is 0.248 e. The number of hydrogen-bond acceptors (Lipinski definition) is 3. The monoisotopic (exact) mass is 402 g/mol. The van der Waals surface area contributed by atoms with Crippen LogP contribution in [-0.2, 0) is 4.79 Å². The molecule has 0 aliphatic heterocycles. The number of benzene rings is 2. The van der Waals surface area contributed by atoms with Crippen molar-refractivity contribution in [2.24, 2.45) is 0 Å². The van der Waals surface area contributed by atoms with E-state index in [1.165, 1.54) is 23.4 Å². The third kappa shape index (κ3) is 3.72. The number of nitrogens with one attached hydrogen (secondary N) is 1. The second-order valence-electron chi connectivity index (χ2n) is 4.82. The highest BCUT2D eigenvalue weighted by atomic mass is 79.9. The lowest BCUT2D eigenvalue weighted by atomic mass is 10.2. The number of halogens is 2. The van der Waals surface area contributed by atoms with Gasteiger partial charge in [-0.1, -0.05) is 51.8 Å². The summed E-state index contributed by atoms with van der Waals surface area (Å²) in [7, 11) is 0. The third-order valence-corrected chi connectivity index (χ3v) is 4.24. The molecule has 0 aliphatic rings. The summed E-state index contributed by atoms with van der Waals surface area (Å²) < 4.78 is 2.43. The van der Waals surface area contributed by atoms with Crippen molar-refractivity contribution in [2.45, 2.75) is 0 Å². The quantitative estimate of drug-likeness (QED) is 0.659. The number of hydrogen-bond donors (Lipinski definition) is 1. The Morgan fingerprint density at radius 1 is 1.21 bits per heavy atom. The molecular weight excluding hydrogens is 392 g/mol. The Morgan fingerprint density at radius 2 is 2.04 bits per heavy atom. The number of nitrogens with zero attached hydrogens (tertiary/aromatic N) is 3. The summed E-state index contributed by atoms with van der Waals surface area (Å²) in [5.41, 5.74) is 2.03. The maximum absolute atomic E-state index is 12.2. The number of anilines is 1. The lowest BCUT2D eigenvalue weighted by Gasteiger charge is -2.11. The van der Waals surface area contributed by atoms with Crippen LogP contribution in [0.4, 0.5) is 5.69 Å². The summed E-state index contributed by atoms with van der Waals surface area (Å²) in [6.07, 6.45) is 6.13. The minimum Gasteiger partial charge on any atom is -0.321 e. The molecule has 24 heavy (non-hydrogen) atoms. The SMILES string of the molecule is O=C(C=Cc1ccccc1Br)Nc1cccc(Cl)c1-n1cncn1. The first kappa shape index (κ1) is 16.4. The van der Waals surface area contributed by atoms with Crippen LogP contribution in [0.1, 0.15) is 5.56 Å². The van der Waals surface area contributed by atoms with Gasteiger partial charge in [0.15, 0.2) is 0 Å². The van der Waals surface area contributed by atoms with Gasteiger partial charge in [-0.3, -0.25) is 4.79 Å². The lowest BCUT2D eigenvalue weighted by Crippen LogP contribution is -2.11. The van der Waals surface area contributed by atoms with E-state index >= 15 is 0 Å². The van der Waals surface area contributed by atoms with Crippen LogP contribution in [-0.4, -0.2) is 20.7 Å². The molecule has 3 rings (SSSR count). The summed E-state index contributed by atoms with van der Waals surface area (Å²) in [6.45, 7) is 0. The summed E-state index contributed by atoms with van der Waals surface area (Å²) in [6, 6.07) is 12.9. The highest BCUT2D eigenvalue weighted by Gasteiger charge is 2.11. The molecule has 1 heterocycles. The van der Waals surface area contributed by atoms with Gasteiger partial charge in [0.05, 0.1) is 10.7 Å². The molecule has 7 heteroatoms. The molecule has 0 aliphatic carbocycles. The number of rotatable bonds is 4. The van der Waals surface area contributed by atoms with Crippen molar-refractivity contribution in [1.82, 2.24) is 14.8 Å². The average molecular weight is 404 g/mol. The number of para-hydroxylation sites is 1. The Bertz CT molecular complexity index is 893. The van der Waals surface area contributed by atoms with Crippen LogP contribution in [0.2, 0.25) is 5.02 Å². The molecule has 120 valence electrons. The highest BCUT2D eigenvalue weighted by molar-refractivity contribution is 9.10. The van der Waals surface area contributed by atoms with E-state index in [-0.39, 0.29) is 5.91 Å². The first-order valence-electron chi connectivity index (χ1n) is 7.02. The topological polar surface area (TPSA) is 59.8 Å². The van der Waals surface area contributed by atoms with Gasteiger partial charge in [-0.25, -0.2) is 9.67 Å². The predicted octanol–water partition coefficient (Wildman–Crippen LogP) is 4.34. The van der Waals surface area contributed by atoms with Crippen molar-refractivity contribution in [3.05, 3.63) is 76.3 Å². The molecule has 0 fully saturated rings. The van der Waals surface area contributed by atoms with Crippen molar-refractivity contribution in [1.29, 1.82) is 0 Å². The van der Waals surface area contributed by atoms with Crippen LogP contribution in [0.3, 0.4) is 0 Å². The van der Waals surface area contributed by atoms with Crippen LogP contribution in [0, 0.1) is 0 Å². The second-order valence-corrected chi connectivity index (χ2v) is 6.08. The number of amides is 1. The average Bonchev–Trinajstić information content (AvgIpc) is 3.08. The van der Waals surface area contributed by atoms with Crippen LogP contribution in [0.25, 0.3) is 11.8 Å². The lowest BCUT2D eigenvalue weighted by molar-refractivity contribution is -0.111. The Morgan fingerprint density at radius 3 is 2.79 bits per heavy atom. The molecule has 0 saturated heterocycles. The summed E-state index contributed by atoms with van der Waals surface area (Å²) >= 11 is 9.68. The van der Waals surface area contributed by atoms with E-state index in [1.807, 2.05) is 24.3 Å². The second kappa shape index (κ2) is 7.42. The fourth-order valence-corrected chi connectivity index (χ4v) is 2.80. The largest absolute Gasteiger partial charge is 0.321 e. The third-order valence-electron chi connectivity index (χ3n) is 3.21. The first-order chi connectivity index (χ1) is 11.6. The van der Waals surface area contributed by atoms with Gasteiger partial charge < -0.3 is 5.32 Å². The van der Waals surface area contributed by atoms with Crippen LogP contribution < -0.4 is 5.32 Å². The van der Waals surface area contributed by atoms with Gasteiger partial charge in [-0.2, -0.15) is 5.10 Å². The Labute approximate surface area is 152 Å². The molecule has 1 amide bonds. The van der Waals surface area contributed by atoms with E-state index in [1.54, 1.807) is 24.3 Å².